The van der Waals surface area contributed by atoms with Crippen LogP contribution in [0.4, 0.5) is 11.4 Å². The Balaban J connectivity index is 1.95. The van der Waals surface area contributed by atoms with Gasteiger partial charge in [0.05, 0.1) is 0 Å². The molecule has 3 aromatic rings. The van der Waals surface area contributed by atoms with E-state index in [1.165, 1.54) is 31.9 Å². The van der Waals surface area contributed by atoms with Crippen LogP contribution in [-0.4, -0.2) is 16.1 Å². The second-order valence-corrected chi connectivity index (χ2v) is 17.8. The largest absolute Gasteiger partial charge is 0.399 e. The molecule has 0 saturated carbocycles. The minimum Gasteiger partial charge on any atom is -0.399 e. The van der Waals surface area contributed by atoms with Gasteiger partial charge < -0.3 is 11.5 Å². The number of anilines is 2. The molecule has 3 aromatic carbocycles. The average molecular weight is 405 g/mol. The zero-order valence-electron chi connectivity index (χ0n) is 17.9. The topological polar surface area (TPSA) is 52.0 Å². The number of nitrogen functional groups attached to an aromatic ring is 2. The lowest BCUT2D eigenvalue weighted by Gasteiger charge is -2.28. The van der Waals surface area contributed by atoms with Gasteiger partial charge >= 0.3 is 0 Å². The molecule has 0 unspecified atom stereocenters. The van der Waals surface area contributed by atoms with Crippen molar-refractivity contribution < 1.29 is 0 Å². The molecular weight excluding hydrogens is 372 g/mol. The first-order valence-electron chi connectivity index (χ1n) is 9.87. The molecule has 28 heavy (non-hydrogen) atoms. The van der Waals surface area contributed by atoms with Gasteiger partial charge in [-0.2, -0.15) is 0 Å². The molecule has 0 bridgehead atoms. The standard InChI is InChI=1S/C24H32N2Si2/c1-17-15-21(11-13-23(17)25)27(3,4)19-7-9-20(10-8-19)28(5,6)22-12-14-24(26)18(2)16-22/h7-16H,25-26H2,1-6H3. The maximum absolute atomic E-state index is 6.03. The number of nitrogens with two attached hydrogens (primary N) is 2. The Labute approximate surface area is 171 Å². The maximum Gasteiger partial charge on any atom is 0.112 e. The molecule has 4 N–H and O–H groups in total. The predicted octanol–water partition coefficient (Wildman–Crippen LogP) is 3.11. The van der Waals surface area contributed by atoms with E-state index in [2.05, 4.69) is 88.6 Å². The van der Waals surface area contributed by atoms with Gasteiger partial charge in [-0.15, -0.1) is 0 Å². The van der Waals surface area contributed by atoms with Crippen molar-refractivity contribution >= 4 is 48.3 Å². The normalized spacial score (nSPS) is 12.2. The summed E-state index contributed by atoms with van der Waals surface area (Å²) in [6, 6.07) is 22.5. The zero-order valence-corrected chi connectivity index (χ0v) is 19.9. The molecular formula is C24H32N2Si2. The van der Waals surface area contributed by atoms with Crippen LogP contribution in [0.2, 0.25) is 26.2 Å². The third-order valence-corrected chi connectivity index (χ3v) is 13.4. The second kappa shape index (κ2) is 7.26. The van der Waals surface area contributed by atoms with E-state index in [-0.39, 0.29) is 0 Å². The molecule has 0 aromatic heterocycles. The number of benzene rings is 3. The van der Waals surface area contributed by atoms with E-state index in [9.17, 15) is 0 Å². The van der Waals surface area contributed by atoms with Crippen molar-refractivity contribution in [3.63, 3.8) is 0 Å². The van der Waals surface area contributed by atoms with Gasteiger partial charge in [0.25, 0.3) is 0 Å². The van der Waals surface area contributed by atoms with Crippen LogP contribution in [0.3, 0.4) is 0 Å². The van der Waals surface area contributed by atoms with E-state index >= 15 is 0 Å². The van der Waals surface area contributed by atoms with Crippen molar-refractivity contribution in [1.82, 2.24) is 0 Å². The number of hydrogen-bond donors (Lipinski definition) is 2. The summed E-state index contributed by atoms with van der Waals surface area (Å²) in [4.78, 5) is 0. The van der Waals surface area contributed by atoms with Crippen LogP contribution in [-0.2, 0) is 0 Å². The molecule has 0 spiro atoms. The van der Waals surface area contributed by atoms with Crippen LogP contribution < -0.4 is 32.2 Å². The van der Waals surface area contributed by atoms with E-state index in [0.717, 1.165) is 11.4 Å². The van der Waals surface area contributed by atoms with Crippen molar-refractivity contribution in [3.8, 4) is 0 Å². The van der Waals surface area contributed by atoms with Crippen LogP contribution in [0.5, 0.6) is 0 Å². The Morgan fingerprint density at radius 3 is 1.07 bits per heavy atom. The van der Waals surface area contributed by atoms with Crippen LogP contribution in [0.25, 0.3) is 0 Å². The van der Waals surface area contributed by atoms with Gasteiger partial charge in [0.2, 0.25) is 0 Å². The van der Waals surface area contributed by atoms with E-state index in [4.69, 9.17) is 11.5 Å². The molecule has 0 amide bonds. The molecule has 146 valence electrons. The third-order valence-electron chi connectivity index (χ3n) is 6.31. The lowest BCUT2D eigenvalue weighted by Crippen LogP contribution is -2.55. The van der Waals surface area contributed by atoms with Crippen LogP contribution in [0.1, 0.15) is 11.1 Å². The smallest absolute Gasteiger partial charge is 0.112 e. The molecule has 0 aliphatic carbocycles. The van der Waals surface area contributed by atoms with Crippen LogP contribution >= 0.6 is 0 Å². The molecule has 0 atom stereocenters. The number of rotatable bonds is 4. The number of aryl methyl sites for hydroxylation is 2. The van der Waals surface area contributed by atoms with Gasteiger partial charge in [-0.3, -0.25) is 0 Å². The molecule has 0 saturated heterocycles. The van der Waals surface area contributed by atoms with Crippen molar-refractivity contribution in [2.75, 3.05) is 11.5 Å². The van der Waals surface area contributed by atoms with Gasteiger partial charge in [-0.05, 0) is 37.1 Å². The summed E-state index contributed by atoms with van der Waals surface area (Å²) in [6.45, 7) is 13.8. The summed E-state index contributed by atoms with van der Waals surface area (Å²) < 4.78 is 0. The maximum atomic E-state index is 6.03. The molecule has 3 rings (SSSR count). The fraction of sp³-hybridized carbons (Fsp3) is 0.250. The monoisotopic (exact) mass is 404 g/mol. The summed E-state index contributed by atoms with van der Waals surface area (Å²) in [7, 11) is -3.49. The average Bonchev–Trinajstić information content (AvgIpc) is 2.66. The lowest BCUT2D eigenvalue weighted by molar-refractivity contribution is 1.48. The quantitative estimate of drug-likeness (QED) is 0.518. The minimum atomic E-state index is -1.74. The zero-order chi connectivity index (χ0) is 20.7. The predicted molar refractivity (Wildman–Crippen MR) is 131 cm³/mol. The highest BCUT2D eigenvalue weighted by Gasteiger charge is 2.29. The molecule has 0 aliphatic heterocycles. The highest BCUT2D eigenvalue weighted by Crippen LogP contribution is 2.14. The third kappa shape index (κ3) is 3.67. The first kappa shape index (κ1) is 20.4. The van der Waals surface area contributed by atoms with Gasteiger partial charge in [-0.1, -0.05) is 95.5 Å². The first-order valence-corrected chi connectivity index (χ1v) is 15.9. The Hall–Kier alpha value is -2.31. The summed E-state index contributed by atoms with van der Waals surface area (Å²) in [5.74, 6) is 0. The van der Waals surface area contributed by atoms with E-state index < -0.39 is 16.1 Å². The molecule has 0 heterocycles. The lowest BCUT2D eigenvalue weighted by atomic mass is 10.2. The molecule has 4 heteroatoms. The Bertz CT molecular complexity index is 923. The van der Waals surface area contributed by atoms with Crippen molar-refractivity contribution in [2.45, 2.75) is 40.0 Å². The van der Waals surface area contributed by atoms with E-state index in [0.29, 0.717) is 0 Å². The van der Waals surface area contributed by atoms with Crippen molar-refractivity contribution in [3.05, 3.63) is 71.8 Å². The Morgan fingerprint density at radius 1 is 0.500 bits per heavy atom. The minimum absolute atomic E-state index is 0.871. The molecule has 2 nitrogen and oxygen atoms in total. The number of hydrogen-bond acceptors (Lipinski definition) is 2. The van der Waals surface area contributed by atoms with E-state index in [1.807, 2.05) is 12.1 Å². The molecule has 0 fully saturated rings. The summed E-state index contributed by atoms with van der Waals surface area (Å²) in [6.07, 6.45) is 0. The fourth-order valence-electron chi connectivity index (χ4n) is 3.77. The van der Waals surface area contributed by atoms with Gasteiger partial charge in [-0.25, -0.2) is 0 Å². The SMILES string of the molecule is Cc1cc([Si](C)(C)c2ccc([Si](C)(C)c3ccc(N)c(C)c3)cc2)ccc1N. The fourth-order valence-corrected chi connectivity index (χ4v) is 8.59. The summed E-state index contributed by atoms with van der Waals surface area (Å²) >= 11 is 0. The Kier molecular flexibility index (Phi) is 5.30. The van der Waals surface area contributed by atoms with Gasteiger partial charge in [0.15, 0.2) is 0 Å². The van der Waals surface area contributed by atoms with Crippen LogP contribution in [0, 0.1) is 13.8 Å². The first-order chi connectivity index (χ1) is 13.0. The second-order valence-electron chi connectivity index (χ2n) is 8.97. The van der Waals surface area contributed by atoms with Crippen LogP contribution in [0.15, 0.2) is 60.7 Å². The van der Waals surface area contributed by atoms with Gasteiger partial charge in [0.1, 0.15) is 16.1 Å². The summed E-state index contributed by atoms with van der Waals surface area (Å²) in [5.41, 5.74) is 16.1. The van der Waals surface area contributed by atoms with E-state index in [1.54, 1.807) is 0 Å². The molecule has 0 aliphatic rings. The Morgan fingerprint density at radius 2 is 0.786 bits per heavy atom. The highest BCUT2D eigenvalue weighted by atomic mass is 28.3. The highest BCUT2D eigenvalue weighted by molar-refractivity contribution is 7.01. The molecule has 0 radical (unpaired) electrons. The van der Waals surface area contributed by atoms with Crippen molar-refractivity contribution in [2.24, 2.45) is 0 Å². The van der Waals surface area contributed by atoms with Gasteiger partial charge in [0, 0.05) is 11.4 Å². The summed E-state index contributed by atoms with van der Waals surface area (Å²) in [5, 5.41) is 5.77. The van der Waals surface area contributed by atoms with Crippen molar-refractivity contribution in [1.29, 1.82) is 0 Å².